The molecule has 0 radical (unpaired) electrons. The van der Waals surface area contributed by atoms with E-state index < -0.39 is 23.4 Å². The summed E-state index contributed by atoms with van der Waals surface area (Å²) >= 11 is 28.4. The molecule has 54 heavy (non-hydrogen) atoms. The van der Waals surface area contributed by atoms with Gasteiger partial charge in [0.2, 0.25) is 0 Å². The number of carbonyl (C=O) groups excluding carboxylic acids is 1. The normalized spacial score (nSPS) is 16.6. The van der Waals surface area contributed by atoms with Crippen LogP contribution in [0.4, 0.5) is 0 Å². The van der Waals surface area contributed by atoms with Crippen molar-refractivity contribution in [1.82, 2.24) is 9.97 Å². The van der Waals surface area contributed by atoms with E-state index in [4.69, 9.17) is 65.8 Å². The Balaban J connectivity index is 1.30. The first kappa shape index (κ1) is 34.6. The van der Waals surface area contributed by atoms with Crippen molar-refractivity contribution in [3.8, 4) is 23.6 Å². The molecule has 0 amide bonds. The number of nitrogens with zero attached hydrogens (tertiary/aromatic N) is 4. The molecule has 262 valence electrons. The minimum Gasteiger partial charge on any atom is -0.456 e. The average molecular weight is 805 g/mol. The van der Waals surface area contributed by atoms with E-state index in [9.17, 15) is 15.3 Å². The molecule has 0 N–H and O–H groups in total. The van der Waals surface area contributed by atoms with Crippen molar-refractivity contribution in [3.63, 3.8) is 0 Å². The number of esters is 1. The number of aromatic nitrogens is 2. The minimum absolute atomic E-state index is 0.00572. The molecule has 12 heteroatoms. The van der Waals surface area contributed by atoms with E-state index in [0.717, 1.165) is 21.1 Å². The monoisotopic (exact) mass is 802 g/mol. The SMILES string of the molecule is Cc1c(C(C#N)c2ccc3ccccc3n2)ccc2c1Oc1c(ccc(C(C#N)c3nc4ccccc4s3)c1C)C21OC(=O)c2c(Cl)c(Cl)c(Cl)c(Cl)c21. The van der Waals surface area contributed by atoms with E-state index in [0.29, 0.717) is 55.6 Å². The molecule has 3 unspecified atom stereocenters. The third-order valence-electron chi connectivity index (χ3n) is 10.3. The molecule has 2 aliphatic heterocycles. The Morgan fingerprint density at radius 2 is 1.31 bits per heavy atom. The summed E-state index contributed by atoms with van der Waals surface area (Å²) < 4.78 is 14.3. The molecule has 3 atom stereocenters. The second-order valence-electron chi connectivity index (χ2n) is 13.1. The Hall–Kier alpha value is -5.19. The molecule has 5 aromatic carbocycles. The highest BCUT2D eigenvalue weighted by Gasteiger charge is 2.57. The summed E-state index contributed by atoms with van der Waals surface area (Å²) in [4.78, 5) is 23.6. The maximum atomic E-state index is 14.0. The van der Waals surface area contributed by atoms with Crippen molar-refractivity contribution in [2.75, 3.05) is 0 Å². The molecule has 0 saturated carbocycles. The fourth-order valence-corrected chi connectivity index (χ4v) is 9.78. The molecule has 7 aromatic rings. The zero-order valence-corrected chi connectivity index (χ0v) is 32.0. The fraction of sp³-hybridized carbons (Fsp3) is 0.119. The first-order valence-corrected chi connectivity index (χ1v) is 19.0. The van der Waals surface area contributed by atoms with E-state index in [1.165, 1.54) is 11.3 Å². The first-order chi connectivity index (χ1) is 26.1. The highest BCUT2D eigenvalue weighted by atomic mass is 35.5. The number of fused-ring (bicyclic) bond motifs is 8. The largest absolute Gasteiger partial charge is 0.456 e. The van der Waals surface area contributed by atoms with Crippen LogP contribution in [0, 0.1) is 36.5 Å². The average Bonchev–Trinajstić information content (AvgIpc) is 3.75. The molecule has 9 rings (SSSR count). The lowest BCUT2D eigenvalue weighted by Crippen LogP contribution is -2.34. The Morgan fingerprint density at radius 1 is 0.704 bits per heavy atom. The van der Waals surface area contributed by atoms with Crippen molar-refractivity contribution in [3.05, 3.63) is 160 Å². The standard InChI is InChI=1S/C42H22Cl4N4O3S/c1-19-22(24(17-47)29-16-11-21-7-3-4-8-28(21)49-29)12-14-26-38(19)52-39-20(2)23(25(18-48)40-50-30-9-5-6-10-31(30)54-40)13-15-27(39)42(26)33-32(41(51)53-42)34(43)36(45)37(46)35(33)44/h3-16,24-25H,1-2H3. The predicted octanol–water partition coefficient (Wildman–Crippen LogP) is 12.0. The molecule has 0 saturated heterocycles. The van der Waals surface area contributed by atoms with Crippen molar-refractivity contribution in [1.29, 1.82) is 10.5 Å². The second kappa shape index (κ2) is 12.7. The van der Waals surface area contributed by atoms with Gasteiger partial charge in [0, 0.05) is 22.1 Å². The van der Waals surface area contributed by atoms with Gasteiger partial charge in [0.25, 0.3) is 0 Å². The van der Waals surface area contributed by atoms with Gasteiger partial charge >= 0.3 is 5.97 Å². The zero-order valence-electron chi connectivity index (χ0n) is 28.2. The molecule has 7 nitrogen and oxygen atoms in total. The van der Waals surface area contributed by atoms with Crippen LogP contribution in [-0.4, -0.2) is 15.9 Å². The van der Waals surface area contributed by atoms with Crippen LogP contribution < -0.4 is 4.74 Å². The number of ether oxygens (including phenoxy) is 2. The Kier molecular flexibility index (Phi) is 8.13. The molecule has 2 aromatic heterocycles. The highest BCUT2D eigenvalue weighted by molar-refractivity contribution is 7.18. The van der Waals surface area contributed by atoms with Gasteiger partial charge in [0.15, 0.2) is 5.60 Å². The number of pyridine rings is 1. The second-order valence-corrected chi connectivity index (χ2v) is 15.6. The zero-order chi connectivity index (χ0) is 37.6. The molecule has 0 aliphatic carbocycles. The fourth-order valence-electron chi connectivity index (χ4n) is 7.69. The summed E-state index contributed by atoms with van der Waals surface area (Å²) in [5.41, 5.74) is 4.03. The van der Waals surface area contributed by atoms with Crippen molar-refractivity contribution in [2.24, 2.45) is 0 Å². The van der Waals surface area contributed by atoms with Crippen LogP contribution in [0.15, 0.2) is 84.9 Å². The smallest absolute Gasteiger partial charge is 0.341 e. The predicted molar refractivity (Wildman–Crippen MR) is 210 cm³/mol. The quantitative estimate of drug-likeness (QED) is 0.0990. The van der Waals surface area contributed by atoms with Gasteiger partial charge in [0.1, 0.15) is 28.3 Å². The van der Waals surface area contributed by atoms with E-state index >= 15 is 0 Å². The summed E-state index contributed by atoms with van der Waals surface area (Å²) in [6, 6.07) is 31.2. The van der Waals surface area contributed by atoms with E-state index in [1.807, 2.05) is 86.6 Å². The number of hydrogen-bond acceptors (Lipinski definition) is 8. The maximum Gasteiger partial charge on any atom is 0.341 e. The number of carbonyl (C=O) groups is 1. The van der Waals surface area contributed by atoms with Crippen LogP contribution in [0.5, 0.6) is 11.5 Å². The summed E-state index contributed by atoms with van der Waals surface area (Å²) in [6.07, 6.45) is 0. The summed E-state index contributed by atoms with van der Waals surface area (Å²) in [5, 5.41) is 22.6. The number of para-hydroxylation sites is 2. The van der Waals surface area contributed by atoms with Crippen molar-refractivity contribution < 1.29 is 14.3 Å². The van der Waals surface area contributed by atoms with Crippen LogP contribution in [0.25, 0.3) is 21.1 Å². The number of thiazole rings is 1. The van der Waals surface area contributed by atoms with Gasteiger partial charge in [-0.25, -0.2) is 9.78 Å². The minimum atomic E-state index is -1.70. The highest BCUT2D eigenvalue weighted by Crippen LogP contribution is 2.62. The number of halogens is 4. The van der Waals surface area contributed by atoms with Crippen LogP contribution in [0.2, 0.25) is 20.1 Å². The molecular weight excluding hydrogens is 782 g/mol. The lowest BCUT2D eigenvalue weighted by atomic mass is 9.74. The Bertz CT molecular complexity index is 2860. The van der Waals surface area contributed by atoms with Crippen molar-refractivity contribution >= 4 is 84.8 Å². The third kappa shape index (κ3) is 4.82. The maximum absolute atomic E-state index is 14.0. The van der Waals surface area contributed by atoms with Crippen LogP contribution >= 0.6 is 57.7 Å². The van der Waals surface area contributed by atoms with Gasteiger partial charge < -0.3 is 9.47 Å². The van der Waals surface area contributed by atoms with Crippen LogP contribution in [0.3, 0.4) is 0 Å². The summed E-state index contributed by atoms with van der Waals surface area (Å²) in [7, 11) is 0. The molecular formula is C42H22Cl4N4O3S. The number of hydrogen-bond donors (Lipinski definition) is 0. The third-order valence-corrected chi connectivity index (χ3v) is 13.2. The van der Waals surface area contributed by atoms with Gasteiger partial charge in [-0.15, -0.1) is 11.3 Å². The topological polar surface area (TPSA) is 109 Å². The molecule has 0 fully saturated rings. The molecule has 0 bridgehead atoms. The van der Waals surface area contributed by atoms with Gasteiger partial charge in [0.05, 0.1) is 59.2 Å². The lowest BCUT2D eigenvalue weighted by molar-refractivity contribution is 0.0223. The Morgan fingerprint density at radius 3 is 1.98 bits per heavy atom. The van der Waals surface area contributed by atoms with E-state index in [2.05, 4.69) is 12.1 Å². The van der Waals surface area contributed by atoms with Gasteiger partial charge in [-0.3, -0.25) is 4.98 Å². The summed E-state index contributed by atoms with van der Waals surface area (Å²) in [6.45, 7) is 3.69. The number of rotatable bonds is 4. The Labute approximate surface area is 332 Å². The number of benzene rings is 5. The van der Waals surface area contributed by atoms with Gasteiger partial charge in [-0.05, 0) is 60.4 Å². The molecule has 2 aliphatic rings. The lowest BCUT2D eigenvalue weighted by Gasteiger charge is -2.39. The van der Waals surface area contributed by atoms with Gasteiger partial charge in [-0.2, -0.15) is 10.5 Å². The number of nitriles is 2. The van der Waals surface area contributed by atoms with Gasteiger partial charge in [-0.1, -0.05) is 107 Å². The van der Waals surface area contributed by atoms with Crippen LogP contribution in [0.1, 0.15) is 71.8 Å². The first-order valence-electron chi connectivity index (χ1n) is 16.6. The van der Waals surface area contributed by atoms with Crippen molar-refractivity contribution in [2.45, 2.75) is 31.3 Å². The molecule has 4 heterocycles. The molecule has 1 spiro atoms. The summed E-state index contributed by atoms with van der Waals surface area (Å²) in [5.74, 6) is -1.59. The van der Waals surface area contributed by atoms with Crippen LogP contribution in [-0.2, 0) is 10.3 Å². The van der Waals surface area contributed by atoms with E-state index in [-0.39, 0.29) is 31.2 Å². The van der Waals surface area contributed by atoms with E-state index in [1.54, 1.807) is 12.1 Å².